The van der Waals surface area contributed by atoms with Crippen LogP contribution in [0.1, 0.15) is 34.6 Å². The minimum atomic E-state index is -0.0915. The number of carbonyl (C=O) groups excluding carboxylic acids is 1. The molecule has 0 saturated heterocycles. The lowest BCUT2D eigenvalue weighted by atomic mass is 9.99. The first-order valence-corrected chi connectivity index (χ1v) is 7.99. The number of amides is 1. The smallest absolute Gasteiger partial charge is 0.287 e. The quantitative estimate of drug-likeness (QED) is 0.805. The number of carbonyl (C=O) groups is 1. The highest BCUT2D eigenvalue weighted by atomic mass is 16.2. The molecule has 0 aliphatic heterocycles. The van der Waals surface area contributed by atoms with Crippen molar-refractivity contribution in [3.8, 4) is 11.3 Å². The van der Waals surface area contributed by atoms with E-state index >= 15 is 0 Å². The van der Waals surface area contributed by atoms with Crippen molar-refractivity contribution in [2.75, 3.05) is 0 Å². The van der Waals surface area contributed by atoms with Crippen LogP contribution in [0.25, 0.3) is 16.8 Å². The maximum atomic E-state index is 12.5. The van der Waals surface area contributed by atoms with Crippen LogP contribution in [0.15, 0.2) is 42.6 Å². The number of hydrogen-bond donors (Lipinski definition) is 1. The first kappa shape index (κ1) is 14.0. The summed E-state index contributed by atoms with van der Waals surface area (Å²) in [6, 6.07) is 12.5. The Hall–Kier alpha value is -2.62. The molecule has 1 aromatic carbocycles. The highest BCUT2D eigenvalue weighted by Gasteiger charge is 2.27. The van der Waals surface area contributed by atoms with Crippen molar-refractivity contribution in [1.82, 2.24) is 14.7 Å². The zero-order valence-electron chi connectivity index (χ0n) is 13.3. The fourth-order valence-corrected chi connectivity index (χ4v) is 3.05. The number of imidazole rings is 1. The molecule has 0 bridgehead atoms. The number of aryl methyl sites for hydroxylation is 2. The molecule has 1 amide bonds. The van der Waals surface area contributed by atoms with Gasteiger partial charge in [-0.05, 0) is 49.9 Å². The van der Waals surface area contributed by atoms with Gasteiger partial charge in [-0.1, -0.05) is 24.3 Å². The van der Waals surface area contributed by atoms with Gasteiger partial charge in [-0.15, -0.1) is 0 Å². The number of benzene rings is 1. The third-order valence-corrected chi connectivity index (χ3v) is 4.38. The number of rotatable bonds is 3. The van der Waals surface area contributed by atoms with E-state index in [0.29, 0.717) is 11.9 Å². The maximum Gasteiger partial charge on any atom is 0.287 e. The molecule has 0 atom stereocenters. The van der Waals surface area contributed by atoms with Crippen LogP contribution in [0.4, 0.5) is 0 Å². The van der Waals surface area contributed by atoms with Gasteiger partial charge in [-0.25, -0.2) is 4.98 Å². The highest BCUT2D eigenvalue weighted by molar-refractivity contribution is 5.95. The molecule has 0 unspecified atom stereocenters. The lowest BCUT2D eigenvalue weighted by Crippen LogP contribution is -2.27. The topological polar surface area (TPSA) is 46.4 Å². The summed E-state index contributed by atoms with van der Waals surface area (Å²) >= 11 is 0. The predicted molar refractivity (Wildman–Crippen MR) is 90.6 cm³/mol. The molecule has 0 spiro atoms. The van der Waals surface area contributed by atoms with Gasteiger partial charge in [0.05, 0.1) is 11.2 Å². The average molecular weight is 305 g/mol. The molecule has 2 heterocycles. The molecule has 1 aliphatic rings. The zero-order valence-corrected chi connectivity index (χ0v) is 13.3. The van der Waals surface area contributed by atoms with Crippen LogP contribution in [0, 0.1) is 13.8 Å². The molecule has 4 nitrogen and oxygen atoms in total. The van der Waals surface area contributed by atoms with E-state index in [2.05, 4.69) is 31.3 Å². The minimum absolute atomic E-state index is 0.0915. The second-order valence-corrected chi connectivity index (χ2v) is 6.25. The van der Waals surface area contributed by atoms with E-state index in [1.54, 1.807) is 0 Å². The van der Waals surface area contributed by atoms with Crippen LogP contribution in [-0.4, -0.2) is 21.3 Å². The van der Waals surface area contributed by atoms with Crippen LogP contribution in [0.3, 0.4) is 0 Å². The number of hydrogen-bond acceptors (Lipinski definition) is 2. The van der Waals surface area contributed by atoms with Crippen LogP contribution >= 0.6 is 0 Å². The Bertz CT molecular complexity index is 886. The van der Waals surface area contributed by atoms with Gasteiger partial charge in [-0.2, -0.15) is 0 Å². The van der Waals surface area contributed by atoms with E-state index in [4.69, 9.17) is 4.98 Å². The summed E-state index contributed by atoms with van der Waals surface area (Å²) in [6.07, 6.45) is 4.04. The van der Waals surface area contributed by atoms with Crippen molar-refractivity contribution in [3.05, 3.63) is 59.5 Å². The summed E-state index contributed by atoms with van der Waals surface area (Å²) in [6.45, 7) is 4.17. The molecule has 1 aliphatic carbocycles. The minimum Gasteiger partial charge on any atom is -0.347 e. The van der Waals surface area contributed by atoms with Gasteiger partial charge < -0.3 is 5.32 Å². The van der Waals surface area contributed by atoms with Gasteiger partial charge in [0.15, 0.2) is 0 Å². The van der Waals surface area contributed by atoms with E-state index < -0.39 is 0 Å². The first-order valence-electron chi connectivity index (χ1n) is 7.99. The highest BCUT2D eigenvalue weighted by Crippen LogP contribution is 2.30. The van der Waals surface area contributed by atoms with Gasteiger partial charge in [0, 0.05) is 17.8 Å². The fourth-order valence-electron chi connectivity index (χ4n) is 3.05. The molecule has 1 fully saturated rings. The van der Waals surface area contributed by atoms with E-state index in [1.165, 1.54) is 11.1 Å². The molecule has 3 aromatic rings. The molecule has 4 rings (SSSR count). The fraction of sp³-hybridized carbons (Fsp3) is 0.263. The normalized spacial score (nSPS) is 14.2. The number of aromatic nitrogens is 2. The van der Waals surface area contributed by atoms with Crippen LogP contribution < -0.4 is 5.32 Å². The van der Waals surface area contributed by atoms with E-state index in [9.17, 15) is 4.79 Å². The monoisotopic (exact) mass is 305 g/mol. The Kier molecular flexibility index (Phi) is 3.18. The number of pyridine rings is 1. The number of nitrogens with one attached hydrogen (secondary N) is 1. The third kappa shape index (κ3) is 2.40. The van der Waals surface area contributed by atoms with Crippen molar-refractivity contribution in [1.29, 1.82) is 0 Å². The molecule has 4 heteroatoms. The van der Waals surface area contributed by atoms with Crippen molar-refractivity contribution in [2.45, 2.75) is 32.7 Å². The first-order chi connectivity index (χ1) is 11.1. The summed E-state index contributed by atoms with van der Waals surface area (Å²) in [5.41, 5.74) is 5.29. The number of fused-ring (bicyclic) bond motifs is 1. The van der Waals surface area contributed by atoms with Crippen LogP contribution in [0.2, 0.25) is 0 Å². The Labute approximate surface area is 135 Å². The van der Waals surface area contributed by atoms with Crippen LogP contribution in [-0.2, 0) is 0 Å². The van der Waals surface area contributed by atoms with Gasteiger partial charge in [0.25, 0.3) is 5.91 Å². The van der Waals surface area contributed by atoms with Gasteiger partial charge >= 0.3 is 0 Å². The Balaban J connectivity index is 1.92. The lowest BCUT2D eigenvalue weighted by Gasteiger charge is -2.07. The largest absolute Gasteiger partial charge is 0.347 e. The Morgan fingerprint density at radius 3 is 2.57 bits per heavy atom. The van der Waals surface area contributed by atoms with Gasteiger partial charge in [-0.3, -0.25) is 9.20 Å². The molecule has 1 N–H and O–H groups in total. The lowest BCUT2D eigenvalue weighted by molar-refractivity contribution is 0.0940. The van der Waals surface area contributed by atoms with Crippen molar-refractivity contribution in [3.63, 3.8) is 0 Å². The van der Waals surface area contributed by atoms with Crippen LogP contribution in [0.5, 0.6) is 0 Å². The standard InChI is InChI=1S/C19H19N3O/c1-12-6-5-7-13(2)16(12)17-15-8-3-4-11-22(15)18(21-17)19(23)20-14-9-10-14/h3-8,11,14H,9-10H2,1-2H3,(H,20,23). The summed E-state index contributed by atoms with van der Waals surface area (Å²) in [5, 5.41) is 3.03. The molecule has 1 saturated carbocycles. The predicted octanol–water partition coefficient (Wildman–Crippen LogP) is 3.51. The summed E-state index contributed by atoms with van der Waals surface area (Å²) in [7, 11) is 0. The molecular formula is C19H19N3O. The summed E-state index contributed by atoms with van der Waals surface area (Å²) in [4.78, 5) is 17.2. The molecule has 116 valence electrons. The summed E-state index contributed by atoms with van der Waals surface area (Å²) in [5.74, 6) is 0.372. The number of nitrogens with zero attached hydrogens (tertiary/aromatic N) is 2. The SMILES string of the molecule is Cc1cccc(C)c1-c1nc(C(=O)NC2CC2)n2ccccc12. The average Bonchev–Trinajstić information content (AvgIpc) is 3.26. The third-order valence-electron chi connectivity index (χ3n) is 4.38. The zero-order chi connectivity index (χ0) is 16.0. The summed E-state index contributed by atoms with van der Waals surface area (Å²) < 4.78 is 1.89. The van der Waals surface area contributed by atoms with Gasteiger partial charge in [0.2, 0.25) is 5.82 Å². The van der Waals surface area contributed by atoms with Crippen molar-refractivity contribution in [2.24, 2.45) is 0 Å². The maximum absolute atomic E-state index is 12.5. The Morgan fingerprint density at radius 2 is 1.87 bits per heavy atom. The molecule has 0 radical (unpaired) electrons. The van der Waals surface area contributed by atoms with Crippen molar-refractivity contribution < 1.29 is 4.79 Å². The van der Waals surface area contributed by atoms with Crippen molar-refractivity contribution >= 4 is 11.4 Å². The molecule has 2 aromatic heterocycles. The second kappa shape index (κ2) is 5.23. The van der Waals surface area contributed by atoms with E-state index in [0.717, 1.165) is 29.6 Å². The Morgan fingerprint density at radius 1 is 1.13 bits per heavy atom. The molecule has 23 heavy (non-hydrogen) atoms. The second-order valence-electron chi connectivity index (χ2n) is 6.25. The van der Waals surface area contributed by atoms with Gasteiger partial charge in [0.1, 0.15) is 0 Å². The van der Waals surface area contributed by atoms with E-state index in [1.807, 2.05) is 34.9 Å². The van der Waals surface area contributed by atoms with E-state index in [-0.39, 0.29) is 5.91 Å². The molecular weight excluding hydrogens is 286 g/mol.